The van der Waals surface area contributed by atoms with E-state index in [4.69, 9.17) is 4.42 Å². The Morgan fingerprint density at radius 3 is 2.54 bits per heavy atom. The van der Waals surface area contributed by atoms with Crippen LogP contribution < -0.4 is 10.6 Å². The molecule has 0 saturated carbocycles. The van der Waals surface area contributed by atoms with Crippen LogP contribution in [0.2, 0.25) is 0 Å². The molecule has 2 aliphatic heterocycles. The molecule has 1 aromatic heterocycles. The van der Waals surface area contributed by atoms with Gasteiger partial charge in [-0.15, -0.1) is 0 Å². The van der Waals surface area contributed by atoms with E-state index >= 15 is 0 Å². The van der Waals surface area contributed by atoms with Crippen LogP contribution in [-0.4, -0.2) is 68.6 Å². The molecule has 1 aromatic rings. The van der Waals surface area contributed by atoms with Crippen molar-refractivity contribution in [2.24, 2.45) is 4.99 Å². The van der Waals surface area contributed by atoms with E-state index in [0.717, 1.165) is 37.9 Å². The van der Waals surface area contributed by atoms with E-state index in [0.29, 0.717) is 0 Å². The lowest BCUT2D eigenvalue weighted by Gasteiger charge is -2.27. The third-order valence-corrected chi connectivity index (χ3v) is 6.03. The van der Waals surface area contributed by atoms with Crippen LogP contribution in [0.5, 0.6) is 0 Å². The van der Waals surface area contributed by atoms with Gasteiger partial charge in [0.25, 0.3) is 0 Å². The molecule has 0 aromatic carbocycles. The largest absolute Gasteiger partial charge is 0.468 e. The molecular weight excluding hydrogens is 350 g/mol. The SMILES string of the molecule is CN=C(NCCCCCN1CCCCC1)NCC(c1ccco1)N1CCCC1. The van der Waals surface area contributed by atoms with Gasteiger partial charge in [0.2, 0.25) is 0 Å². The molecule has 6 heteroatoms. The molecule has 3 heterocycles. The lowest BCUT2D eigenvalue weighted by atomic mass is 10.1. The fourth-order valence-corrected chi connectivity index (χ4v) is 4.38. The minimum atomic E-state index is 0.278. The fourth-order valence-electron chi connectivity index (χ4n) is 4.38. The van der Waals surface area contributed by atoms with Crippen molar-refractivity contribution in [2.75, 3.05) is 52.9 Å². The first-order chi connectivity index (χ1) is 13.9. The van der Waals surface area contributed by atoms with Crippen molar-refractivity contribution in [3.63, 3.8) is 0 Å². The first-order valence-corrected chi connectivity index (χ1v) is 11.3. The molecule has 1 unspecified atom stereocenters. The summed E-state index contributed by atoms with van der Waals surface area (Å²) in [4.78, 5) is 9.54. The Bertz CT molecular complexity index is 547. The van der Waals surface area contributed by atoms with Crippen LogP contribution in [0.1, 0.15) is 63.2 Å². The predicted molar refractivity (Wildman–Crippen MR) is 116 cm³/mol. The van der Waals surface area contributed by atoms with Crippen molar-refractivity contribution in [1.29, 1.82) is 0 Å². The van der Waals surface area contributed by atoms with E-state index in [2.05, 4.69) is 31.5 Å². The molecule has 6 nitrogen and oxygen atoms in total. The predicted octanol–water partition coefficient (Wildman–Crippen LogP) is 3.24. The molecule has 2 aliphatic rings. The van der Waals surface area contributed by atoms with Gasteiger partial charge in [0.15, 0.2) is 5.96 Å². The van der Waals surface area contributed by atoms with Gasteiger partial charge in [0.05, 0.1) is 12.3 Å². The first kappa shape index (κ1) is 21.2. The van der Waals surface area contributed by atoms with Gasteiger partial charge in [-0.1, -0.05) is 12.8 Å². The topological polar surface area (TPSA) is 56.0 Å². The molecular formula is C22H39N5O. The number of nitrogens with zero attached hydrogens (tertiary/aromatic N) is 3. The summed E-state index contributed by atoms with van der Waals surface area (Å²) in [5, 5.41) is 6.98. The Morgan fingerprint density at radius 2 is 1.82 bits per heavy atom. The van der Waals surface area contributed by atoms with Gasteiger partial charge < -0.3 is 20.0 Å². The third-order valence-electron chi connectivity index (χ3n) is 6.03. The van der Waals surface area contributed by atoms with Gasteiger partial charge in [-0.05, 0) is 83.4 Å². The van der Waals surface area contributed by atoms with Crippen LogP contribution in [0.4, 0.5) is 0 Å². The molecule has 158 valence electrons. The quantitative estimate of drug-likeness (QED) is 0.365. The molecule has 0 radical (unpaired) electrons. The van der Waals surface area contributed by atoms with Gasteiger partial charge in [-0.3, -0.25) is 9.89 Å². The van der Waals surface area contributed by atoms with Crippen LogP contribution in [0, 0.1) is 0 Å². The highest BCUT2D eigenvalue weighted by molar-refractivity contribution is 5.79. The average Bonchev–Trinajstić information content (AvgIpc) is 3.45. The molecule has 2 N–H and O–H groups in total. The standard InChI is InChI=1S/C22H39N5O/c1-23-22(24-12-4-2-5-13-26-14-6-3-7-15-26)25-19-20(21-11-10-18-28-21)27-16-8-9-17-27/h10-11,18,20H,2-9,12-17,19H2,1H3,(H2,23,24,25). The average molecular weight is 390 g/mol. The van der Waals surface area contributed by atoms with Crippen molar-refractivity contribution < 1.29 is 4.42 Å². The third kappa shape index (κ3) is 6.82. The fraction of sp³-hybridized carbons (Fsp3) is 0.773. The number of likely N-dealkylation sites (tertiary alicyclic amines) is 2. The monoisotopic (exact) mass is 389 g/mol. The second kappa shape index (κ2) is 12.1. The molecule has 28 heavy (non-hydrogen) atoms. The molecule has 2 saturated heterocycles. The normalized spacial score (nSPS) is 20.4. The van der Waals surface area contributed by atoms with E-state index in [9.17, 15) is 0 Å². The lowest BCUT2D eigenvalue weighted by Crippen LogP contribution is -2.42. The molecule has 0 bridgehead atoms. The van der Waals surface area contributed by atoms with Gasteiger partial charge in [-0.25, -0.2) is 0 Å². The summed E-state index contributed by atoms with van der Waals surface area (Å²) in [6.07, 6.45) is 12.3. The summed E-state index contributed by atoms with van der Waals surface area (Å²) in [7, 11) is 1.85. The van der Waals surface area contributed by atoms with Crippen molar-refractivity contribution in [3.05, 3.63) is 24.2 Å². The number of hydrogen-bond acceptors (Lipinski definition) is 4. The molecule has 2 fully saturated rings. The van der Waals surface area contributed by atoms with Crippen LogP contribution in [0.3, 0.4) is 0 Å². The first-order valence-electron chi connectivity index (χ1n) is 11.3. The van der Waals surface area contributed by atoms with Gasteiger partial charge >= 0.3 is 0 Å². The summed E-state index contributed by atoms with van der Waals surface area (Å²) in [6.45, 7) is 7.99. The second-order valence-corrected chi connectivity index (χ2v) is 8.12. The Morgan fingerprint density at radius 1 is 1.04 bits per heavy atom. The summed E-state index contributed by atoms with van der Waals surface area (Å²) in [5.74, 6) is 1.94. The number of nitrogens with one attached hydrogen (secondary N) is 2. The Labute approximate surface area is 170 Å². The maximum absolute atomic E-state index is 5.70. The zero-order valence-electron chi connectivity index (χ0n) is 17.7. The summed E-state index contributed by atoms with van der Waals surface area (Å²) in [6, 6.07) is 4.35. The number of hydrogen-bond donors (Lipinski definition) is 2. The Balaban J connectivity index is 1.32. The van der Waals surface area contributed by atoms with Crippen molar-refractivity contribution in [3.8, 4) is 0 Å². The summed E-state index contributed by atoms with van der Waals surface area (Å²) in [5.41, 5.74) is 0. The number of rotatable bonds is 10. The van der Waals surface area contributed by atoms with Crippen LogP contribution >= 0.6 is 0 Å². The van der Waals surface area contributed by atoms with E-state index in [1.807, 2.05) is 13.1 Å². The van der Waals surface area contributed by atoms with Gasteiger partial charge in [-0.2, -0.15) is 0 Å². The molecule has 1 atom stereocenters. The minimum absolute atomic E-state index is 0.278. The molecule has 0 aliphatic carbocycles. The molecule has 0 amide bonds. The minimum Gasteiger partial charge on any atom is -0.468 e. The number of aliphatic imine (C=N–C) groups is 1. The van der Waals surface area contributed by atoms with E-state index in [1.54, 1.807) is 6.26 Å². The smallest absolute Gasteiger partial charge is 0.191 e. The Kier molecular flexibility index (Phi) is 9.17. The summed E-state index contributed by atoms with van der Waals surface area (Å²) >= 11 is 0. The van der Waals surface area contributed by atoms with Crippen molar-refractivity contribution in [2.45, 2.75) is 57.4 Å². The number of piperidine rings is 1. The van der Waals surface area contributed by atoms with Crippen LogP contribution in [0.25, 0.3) is 0 Å². The zero-order chi connectivity index (χ0) is 19.4. The molecule has 0 spiro atoms. The maximum atomic E-state index is 5.70. The van der Waals surface area contributed by atoms with Crippen LogP contribution in [0.15, 0.2) is 27.8 Å². The number of furan rings is 1. The zero-order valence-corrected chi connectivity index (χ0v) is 17.7. The maximum Gasteiger partial charge on any atom is 0.191 e. The van der Waals surface area contributed by atoms with Crippen molar-refractivity contribution in [1.82, 2.24) is 20.4 Å². The van der Waals surface area contributed by atoms with Gasteiger partial charge in [0, 0.05) is 20.1 Å². The Hall–Kier alpha value is -1.53. The van der Waals surface area contributed by atoms with Gasteiger partial charge in [0.1, 0.15) is 5.76 Å². The second-order valence-electron chi connectivity index (χ2n) is 8.12. The highest BCUT2D eigenvalue weighted by atomic mass is 16.3. The highest BCUT2D eigenvalue weighted by Gasteiger charge is 2.25. The number of guanidine groups is 1. The van der Waals surface area contributed by atoms with E-state index < -0.39 is 0 Å². The lowest BCUT2D eigenvalue weighted by molar-refractivity contribution is 0.215. The van der Waals surface area contributed by atoms with E-state index in [-0.39, 0.29) is 6.04 Å². The van der Waals surface area contributed by atoms with Crippen LogP contribution in [-0.2, 0) is 0 Å². The molecule has 3 rings (SSSR count). The van der Waals surface area contributed by atoms with Crippen molar-refractivity contribution >= 4 is 5.96 Å². The summed E-state index contributed by atoms with van der Waals surface area (Å²) < 4.78 is 5.70. The van der Waals surface area contributed by atoms with E-state index in [1.165, 1.54) is 71.0 Å². The highest BCUT2D eigenvalue weighted by Crippen LogP contribution is 2.24. The number of unbranched alkanes of at least 4 members (excludes halogenated alkanes) is 2.